The number of fused-ring (bicyclic) bond motifs is 1. The van der Waals surface area contributed by atoms with Gasteiger partial charge in [-0.3, -0.25) is 0 Å². The van der Waals surface area contributed by atoms with E-state index in [-0.39, 0.29) is 6.10 Å². The van der Waals surface area contributed by atoms with Crippen molar-refractivity contribution in [3.8, 4) is 5.75 Å². The summed E-state index contributed by atoms with van der Waals surface area (Å²) >= 11 is 0. The highest BCUT2D eigenvalue weighted by molar-refractivity contribution is 5.40. The maximum absolute atomic E-state index is 9.55. The second-order valence-electron chi connectivity index (χ2n) is 4.96. The minimum atomic E-state index is -0.177. The van der Waals surface area contributed by atoms with Gasteiger partial charge >= 0.3 is 0 Å². The van der Waals surface area contributed by atoms with Crippen molar-refractivity contribution in [2.75, 3.05) is 13.7 Å². The van der Waals surface area contributed by atoms with Gasteiger partial charge < -0.3 is 15.2 Å². The van der Waals surface area contributed by atoms with E-state index in [0.29, 0.717) is 6.04 Å². The number of aliphatic hydroxyl groups excluding tert-OH is 1. The molecular weight excluding hydrogens is 226 g/mol. The Morgan fingerprint density at radius 2 is 2.33 bits per heavy atom. The molecule has 0 bridgehead atoms. The number of ether oxygens (including phenoxy) is 1. The van der Waals surface area contributed by atoms with E-state index in [1.165, 1.54) is 11.1 Å². The Hall–Kier alpha value is -1.06. The van der Waals surface area contributed by atoms with Crippen LogP contribution in [0.15, 0.2) is 18.2 Å². The summed E-state index contributed by atoms with van der Waals surface area (Å²) in [5.41, 5.74) is 2.78. The van der Waals surface area contributed by atoms with Crippen molar-refractivity contribution < 1.29 is 9.84 Å². The number of methoxy groups -OCH3 is 1. The molecule has 2 unspecified atom stereocenters. The van der Waals surface area contributed by atoms with Crippen molar-refractivity contribution in [3.63, 3.8) is 0 Å². The fraction of sp³-hybridized carbons (Fsp3) is 0.600. The molecule has 0 saturated heterocycles. The second kappa shape index (κ2) is 6.21. The van der Waals surface area contributed by atoms with Crippen molar-refractivity contribution in [2.45, 2.75) is 44.8 Å². The summed E-state index contributed by atoms with van der Waals surface area (Å²) in [7, 11) is 1.71. The van der Waals surface area contributed by atoms with E-state index >= 15 is 0 Å². The molecule has 18 heavy (non-hydrogen) atoms. The van der Waals surface area contributed by atoms with E-state index < -0.39 is 0 Å². The summed E-state index contributed by atoms with van der Waals surface area (Å²) in [6, 6.07) is 6.74. The summed E-state index contributed by atoms with van der Waals surface area (Å²) < 4.78 is 5.28. The molecule has 1 aliphatic rings. The molecule has 0 aromatic heterocycles. The van der Waals surface area contributed by atoms with Crippen LogP contribution in [-0.4, -0.2) is 24.9 Å². The van der Waals surface area contributed by atoms with Crippen LogP contribution in [0.3, 0.4) is 0 Å². The number of benzene rings is 1. The highest BCUT2D eigenvalue weighted by Crippen LogP contribution is 2.33. The Labute approximate surface area is 109 Å². The van der Waals surface area contributed by atoms with Crippen LogP contribution >= 0.6 is 0 Å². The zero-order chi connectivity index (χ0) is 13.0. The molecule has 3 nitrogen and oxygen atoms in total. The average Bonchev–Trinajstić information content (AvgIpc) is 2.81. The Balaban J connectivity index is 1.93. The third-order valence-corrected chi connectivity index (χ3v) is 3.77. The SMILES string of the molecule is CCC(O)CCNC1CCc2ccc(OC)cc21. The van der Waals surface area contributed by atoms with Gasteiger partial charge in [0.05, 0.1) is 13.2 Å². The van der Waals surface area contributed by atoms with Crippen molar-refractivity contribution in [3.05, 3.63) is 29.3 Å². The molecule has 0 heterocycles. The third kappa shape index (κ3) is 3.03. The molecule has 0 amide bonds. The first kappa shape index (κ1) is 13.4. The lowest BCUT2D eigenvalue weighted by molar-refractivity contribution is 0.158. The molecule has 2 atom stereocenters. The van der Waals surface area contributed by atoms with Crippen LogP contribution < -0.4 is 10.1 Å². The molecule has 0 saturated carbocycles. The van der Waals surface area contributed by atoms with Crippen LogP contribution in [-0.2, 0) is 6.42 Å². The van der Waals surface area contributed by atoms with Crippen molar-refractivity contribution >= 4 is 0 Å². The predicted molar refractivity (Wildman–Crippen MR) is 73.0 cm³/mol. The summed E-state index contributed by atoms with van der Waals surface area (Å²) in [6.07, 6.45) is 3.75. The molecule has 0 aliphatic heterocycles. The van der Waals surface area contributed by atoms with Gasteiger partial charge in [-0.2, -0.15) is 0 Å². The normalized spacial score (nSPS) is 19.6. The van der Waals surface area contributed by atoms with Gasteiger partial charge in [0, 0.05) is 6.04 Å². The van der Waals surface area contributed by atoms with Gasteiger partial charge in [-0.05, 0) is 55.5 Å². The lowest BCUT2D eigenvalue weighted by Crippen LogP contribution is -2.23. The summed E-state index contributed by atoms with van der Waals surface area (Å²) in [4.78, 5) is 0. The fourth-order valence-corrected chi connectivity index (χ4v) is 2.55. The molecule has 2 rings (SSSR count). The first-order chi connectivity index (χ1) is 8.74. The highest BCUT2D eigenvalue weighted by Gasteiger charge is 2.22. The maximum Gasteiger partial charge on any atom is 0.119 e. The minimum Gasteiger partial charge on any atom is -0.497 e. The Bertz CT molecular complexity index is 392. The van der Waals surface area contributed by atoms with Gasteiger partial charge in [-0.1, -0.05) is 13.0 Å². The molecule has 1 aromatic carbocycles. The van der Waals surface area contributed by atoms with Gasteiger partial charge in [0.25, 0.3) is 0 Å². The van der Waals surface area contributed by atoms with E-state index in [9.17, 15) is 5.11 Å². The lowest BCUT2D eigenvalue weighted by Gasteiger charge is -2.16. The standard InChI is InChI=1S/C15H23NO2/c1-3-12(17)8-9-16-15-7-5-11-4-6-13(18-2)10-14(11)15/h4,6,10,12,15-17H,3,5,7-9H2,1-2H3. The maximum atomic E-state index is 9.55. The number of rotatable bonds is 6. The summed E-state index contributed by atoms with van der Waals surface area (Å²) in [6.45, 7) is 2.89. The van der Waals surface area contributed by atoms with Crippen molar-refractivity contribution in [2.24, 2.45) is 0 Å². The van der Waals surface area contributed by atoms with Crippen LogP contribution in [0.25, 0.3) is 0 Å². The van der Waals surface area contributed by atoms with Gasteiger partial charge in [0.2, 0.25) is 0 Å². The topological polar surface area (TPSA) is 41.5 Å². The summed E-state index contributed by atoms with van der Waals surface area (Å²) in [5, 5.41) is 13.1. The zero-order valence-electron chi connectivity index (χ0n) is 11.3. The predicted octanol–water partition coefficient (Wildman–Crippen LogP) is 2.43. The second-order valence-corrected chi connectivity index (χ2v) is 4.96. The summed E-state index contributed by atoms with van der Waals surface area (Å²) in [5.74, 6) is 0.927. The van der Waals surface area contributed by atoms with E-state index in [1.54, 1.807) is 7.11 Å². The number of aliphatic hydroxyl groups is 1. The zero-order valence-corrected chi connectivity index (χ0v) is 11.3. The number of hydrogen-bond donors (Lipinski definition) is 2. The monoisotopic (exact) mass is 249 g/mol. The molecule has 2 N–H and O–H groups in total. The van der Waals surface area contributed by atoms with E-state index in [1.807, 2.05) is 13.0 Å². The number of aryl methyl sites for hydroxylation is 1. The van der Waals surface area contributed by atoms with E-state index in [0.717, 1.165) is 38.0 Å². The largest absolute Gasteiger partial charge is 0.497 e. The molecule has 1 aromatic rings. The third-order valence-electron chi connectivity index (χ3n) is 3.77. The van der Waals surface area contributed by atoms with E-state index in [2.05, 4.69) is 17.4 Å². The first-order valence-corrected chi connectivity index (χ1v) is 6.82. The lowest BCUT2D eigenvalue weighted by atomic mass is 10.1. The first-order valence-electron chi connectivity index (χ1n) is 6.82. The van der Waals surface area contributed by atoms with Crippen molar-refractivity contribution in [1.82, 2.24) is 5.32 Å². The molecule has 3 heteroatoms. The Morgan fingerprint density at radius 3 is 3.06 bits per heavy atom. The number of nitrogens with one attached hydrogen (secondary N) is 1. The van der Waals surface area contributed by atoms with Crippen LogP contribution in [0.2, 0.25) is 0 Å². The van der Waals surface area contributed by atoms with Crippen molar-refractivity contribution in [1.29, 1.82) is 0 Å². The van der Waals surface area contributed by atoms with Crippen LogP contribution in [0.4, 0.5) is 0 Å². The molecule has 0 fully saturated rings. The Morgan fingerprint density at radius 1 is 1.50 bits per heavy atom. The van der Waals surface area contributed by atoms with Gasteiger partial charge in [-0.25, -0.2) is 0 Å². The van der Waals surface area contributed by atoms with Crippen LogP contribution in [0, 0.1) is 0 Å². The minimum absolute atomic E-state index is 0.177. The molecule has 0 radical (unpaired) electrons. The molecule has 0 spiro atoms. The fourth-order valence-electron chi connectivity index (χ4n) is 2.55. The van der Waals surface area contributed by atoms with Gasteiger partial charge in [-0.15, -0.1) is 0 Å². The smallest absolute Gasteiger partial charge is 0.119 e. The molecule has 100 valence electrons. The van der Waals surface area contributed by atoms with Gasteiger partial charge in [0.1, 0.15) is 5.75 Å². The Kier molecular flexibility index (Phi) is 4.61. The molecule has 1 aliphatic carbocycles. The number of hydrogen-bond acceptors (Lipinski definition) is 3. The van der Waals surface area contributed by atoms with Gasteiger partial charge in [0.15, 0.2) is 0 Å². The average molecular weight is 249 g/mol. The van der Waals surface area contributed by atoms with Crippen LogP contribution in [0.5, 0.6) is 5.75 Å². The van der Waals surface area contributed by atoms with Crippen LogP contribution in [0.1, 0.15) is 43.4 Å². The van der Waals surface area contributed by atoms with E-state index in [4.69, 9.17) is 4.74 Å². The quantitative estimate of drug-likeness (QED) is 0.813. The highest BCUT2D eigenvalue weighted by atomic mass is 16.5. The molecular formula is C15H23NO2.